The Morgan fingerprint density at radius 1 is 1.17 bits per heavy atom. The van der Waals surface area contributed by atoms with E-state index < -0.39 is 0 Å². The summed E-state index contributed by atoms with van der Waals surface area (Å²) in [5.74, 6) is 1.47. The summed E-state index contributed by atoms with van der Waals surface area (Å²) in [6, 6.07) is 5.84. The Hall–Kier alpha value is -2.01. The standard InChI is InChI=1S/C13H16N2O3/c1-16-12-4-3-10(5-13(12)17-2)6-14-7-11-8-18-9-15-11/h3-5,8-9,14H,6-7H2,1-2H3. The number of rotatable bonds is 6. The minimum Gasteiger partial charge on any atom is -0.493 e. The smallest absolute Gasteiger partial charge is 0.180 e. The van der Waals surface area contributed by atoms with Crippen molar-refractivity contribution in [3.63, 3.8) is 0 Å². The van der Waals surface area contributed by atoms with Gasteiger partial charge < -0.3 is 19.2 Å². The molecular weight excluding hydrogens is 232 g/mol. The lowest BCUT2D eigenvalue weighted by Gasteiger charge is -2.09. The van der Waals surface area contributed by atoms with E-state index in [1.165, 1.54) is 6.39 Å². The molecule has 0 saturated heterocycles. The molecule has 96 valence electrons. The van der Waals surface area contributed by atoms with E-state index >= 15 is 0 Å². The molecule has 0 unspecified atom stereocenters. The van der Waals surface area contributed by atoms with Crippen LogP contribution in [0.25, 0.3) is 0 Å². The zero-order valence-corrected chi connectivity index (χ0v) is 10.5. The van der Waals surface area contributed by atoms with Crippen molar-refractivity contribution in [3.05, 3.63) is 42.1 Å². The Morgan fingerprint density at radius 2 is 2.00 bits per heavy atom. The Balaban J connectivity index is 1.93. The van der Waals surface area contributed by atoms with Crippen molar-refractivity contribution >= 4 is 0 Å². The molecule has 5 nitrogen and oxygen atoms in total. The number of oxazole rings is 1. The van der Waals surface area contributed by atoms with Crippen LogP contribution < -0.4 is 14.8 Å². The molecule has 0 radical (unpaired) electrons. The number of ether oxygens (including phenoxy) is 2. The fourth-order valence-corrected chi connectivity index (χ4v) is 1.65. The molecular formula is C13H16N2O3. The number of hydrogen-bond acceptors (Lipinski definition) is 5. The highest BCUT2D eigenvalue weighted by Gasteiger charge is 2.04. The number of nitrogens with one attached hydrogen (secondary N) is 1. The molecule has 1 N–H and O–H groups in total. The third kappa shape index (κ3) is 3.01. The van der Waals surface area contributed by atoms with Crippen LogP contribution in [0.5, 0.6) is 11.5 Å². The van der Waals surface area contributed by atoms with Crippen LogP contribution in [0.2, 0.25) is 0 Å². The van der Waals surface area contributed by atoms with Gasteiger partial charge in [0, 0.05) is 13.1 Å². The zero-order valence-electron chi connectivity index (χ0n) is 10.5. The van der Waals surface area contributed by atoms with Crippen LogP contribution in [0.1, 0.15) is 11.3 Å². The third-order valence-electron chi connectivity index (χ3n) is 2.57. The molecule has 0 spiro atoms. The van der Waals surface area contributed by atoms with Gasteiger partial charge in [0.2, 0.25) is 0 Å². The molecule has 0 saturated carbocycles. The molecule has 2 rings (SSSR count). The normalized spacial score (nSPS) is 10.3. The molecule has 5 heteroatoms. The SMILES string of the molecule is COc1ccc(CNCc2cocn2)cc1OC. The van der Waals surface area contributed by atoms with Crippen molar-refractivity contribution in [1.82, 2.24) is 10.3 Å². The molecule has 1 heterocycles. The van der Waals surface area contributed by atoms with Crippen LogP contribution >= 0.6 is 0 Å². The summed E-state index contributed by atoms with van der Waals surface area (Å²) in [5.41, 5.74) is 2.01. The summed E-state index contributed by atoms with van der Waals surface area (Å²) in [7, 11) is 3.25. The molecule has 2 aromatic rings. The van der Waals surface area contributed by atoms with Crippen LogP contribution in [0.4, 0.5) is 0 Å². The van der Waals surface area contributed by atoms with Crippen LogP contribution in [-0.4, -0.2) is 19.2 Å². The van der Waals surface area contributed by atoms with Gasteiger partial charge in [0.15, 0.2) is 17.9 Å². The lowest BCUT2D eigenvalue weighted by atomic mass is 10.2. The van der Waals surface area contributed by atoms with E-state index in [0.717, 1.165) is 29.3 Å². The van der Waals surface area contributed by atoms with Gasteiger partial charge in [0.1, 0.15) is 6.26 Å². The van der Waals surface area contributed by atoms with Gasteiger partial charge in [-0.1, -0.05) is 6.07 Å². The summed E-state index contributed by atoms with van der Waals surface area (Å²) >= 11 is 0. The average Bonchev–Trinajstić information content (AvgIpc) is 2.91. The maximum absolute atomic E-state index is 5.25. The van der Waals surface area contributed by atoms with E-state index in [1.807, 2.05) is 18.2 Å². The van der Waals surface area contributed by atoms with Crippen LogP contribution in [0.3, 0.4) is 0 Å². The van der Waals surface area contributed by atoms with Gasteiger partial charge in [-0.2, -0.15) is 0 Å². The van der Waals surface area contributed by atoms with Gasteiger partial charge in [0.25, 0.3) is 0 Å². The third-order valence-corrected chi connectivity index (χ3v) is 2.57. The van der Waals surface area contributed by atoms with Crippen molar-refractivity contribution in [2.24, 2.45) is 0 Å². The fourth-order valence-electron chi connectivity index (χ4n) is 1.65. The quantitative estimate of drug-likeness (QED) is 0.847. The minimum atomic E-state index is 0.671. The molecule has 1 aromatic carbocycles. The van der Waals surface area contributed by atoms with E-state index in [2.05, 4.69) is 10.3 Å². The zero-order chi connectivity index (χ0) is 12.8. The fraction of sp³-hybridized carbons (Fsp3) is 0.308. The van der Waals surface area contributed by atoms with Crippen LogP contribution in [-0.2, 0) is 13.1 Å². The molecule has 0 aliphatic carbocycles. The number of aromatic nitrogens is 1. The lowest BCUT2D eigenvalue weighted by molar-refractivity contribution is 0.354. The van der Waals surface area contributed by atoms with Gasteiger partial charge in [0.05, 0.1) is 19.9 Å². The average molecular weight is 248 g/mol. The van der Waals surface area contributed by atoms with E-state index in [1.54, 1.807) is 20.5 Å². The second kappa shape index (κ2) is 6.07. The number of hydrogen-bond donors (Lipinski definition) is 1. The van der Waals surface area contributed by atoms with E-state index in [-0.39, 0.29) is 0 Å². The number of methoxy groups -OCH3 is 2. The van der Waals surface area contributed by atoms with Crippen LogP contribution in [0.15, 0.2) is 35.3 Å². The van der Waals surface area contributed by atoms with E-state index in [9.17, 15) is 0 Å². The van der Waals surface area contributed by atoms with Gasteiger partial charge in [-0.05, 0) is 17.7 Å². The van der Waals surface area contributed by atoms with Gasteiger partial charge in [-0.15, -0.1) is 0 Å². The lowest BCUT2D eigenvalue weighted by Crippen LogP contribution is -2.12. The maximum Gasteiger partial charge on any atom is 0.180 e. The van der Waals surface area contributed by atoms with Gasteiger partial charge in [-0.25, -0.2) is 4.98 Å². The molecule has 0 aliphatic rings. The van der Waals surface area contributed by atoms with Crippen molar-refractivity contribution in [2.75, 3.05) is 14.2 Å². The molecule has 0 bridgehead atoms. The first-order valence-corrected chi connectivity index (χ1v) is 5.62. The van der Waals surface area contributed by atoms with Crippen LogP contribution in [0, 0.1) is 0 Å². The monoisotopic (exact) mass is 248 g/mol. The van der Waals surface area contributed by atoms with E-state index in [0.29, 0.717) is 6.54 Å². The van der Waals surface area contributed by atoms with Crippen molar-refractivity contribution in [2.45, 2.75) is 13.1 Å². The predicted octanol–water partition coefficient (Wildman–Crippen LogP) is 1.98. The summed E-state index contributed by atoms with van der Waals surface area (Å²) in [4.78, 5) is 4.03. The molecule has 0 amide bonds. The first-order chi connectivity index (χ1) is 8.83. The second-order valence-corrected chi connectivity index (χ2v) is 3.77. The largest absolute Gasteiger partial charge is 0.493 e. The van der Waals surface area contributed by atoms with Gasteiger partial charge >= 0.3 is 0 Å². The minimum absolute atomic E-state index is 0.671. The highest BCUT2D eigenvalue weighted by molar-refractivity contribution is 5.42. The Kier molecular flexibility index (Phi) is 4.20. The molecule has 18 heavy (non-hydrogen) atoms. The highest BCUT2D eigenvalue weighted by Crippen LogP contribution is 2.27. The van der Waals surface area contributed by atoms with Crippen molar-refractivity contribution in [3.8, 4) is 11.5 Å². The predicted molar refractivity (Wildman–Crippen MR) is 66.6 cm³/mol. The van der Waals surface area contributed by atoms with Crippen molar-refractivity contribution in [1.29, 1.82) is 0 Å². The van der Waals surface area contributed by atoms with Crippen molar-refractivity contribution < 1.29 is 13.9 Å². The van der Waals surface area contributed by atoms with E-state index in [4.69, 9.17) is 13.9 Å². The Labute approximate surface area is 106 Å². The molecule has 0 atom stereocenters. The first kappa shape index (κ1) is 12.4. The Bertz CT molecular complexity index is 483. The molecule has 0 fully saturated rings. The maximum atomic E-state index is 5.25. The molecule has 0 aliphatic heterocycles. The summed E-state index contributed by atoms with van der Waals surface area (Å²) in [6.07, 6.45) is 3.05. The summed E-state index contributed by atoms with van der Waals surface area (Å²) in [6.45, 7) is 1.40. The topological polar surface area (TPSA) is 56.5 Å². The number of benzene rings is 1. The molecule has 1 aromatic heterocycles. The van der Waals surface area contributed by atoms with Gasteiger partial charge in [-0.3, -0.25) is 0 Å². The summed E-state index contributed by atoms with van der Waals surface area (Å²) in [5, 5.41) is 3.27. The first-order valence-electron chi connectivity index (χ1n) is 5.62. The second-order valence-electron chi connectivity index (χ2n) is 3.77. The highest BCUT2D eigenvalue weighted by atomic mass is 16.5. The Morgan fingerprint density at radius 3 is 2.67 bits per heavy atom. The summed E-state index contributed by atoms with van der Waals surface area (Å²) < 4.78 is 15.3. The number of nitrogens with zero attached hydrogens (tertiary/aromatic N) is 1.